The molecule has 0 unspecified atom stereocenters. The van der Waals surface area contributed by atoms with Crippen LogP contribution in [0.4, 0.5) is 5.69 Å². The summed E-state index contributed by atoms with van der Waals surface area (Å²) >= 11 is 1.20. The monoisotopic (exact) mass is 365 g/mol. The summed E-state index contributed by atoms with van der Waals surface area (Å²) in [6, 6.07) is 5.34. The molecule has 0 saturated carbocycles. The van der Waals surface area contributed by atoms with Crippen LogP contribution >= 0.6 is 11.8 Å². The summed E-state index contributed by atoms with van der Waals surface area (Å²) in [4.78, 5) is 12.2. The minimum absolute atomic E-state index is 0.157. The number of ether oxygens (including phenoxy) is 2. The SMILES string of the molecule is CCOc1ccc(OCC)c(NC(=O)CSc2nnc(C(C)C)o2)c1. The molecular weight excluding hydrogens is 342 g/mol. The first-order valence-electron chi connectivity index (χ1n) is 8.19. The van der Waals surface area contributed by atoms with Gasteiger partial charge in [0.15, 0.2) is 0 Å². The fourth-order valence-electron chi connectivity index (χ4n) is 1.97. The number of thioether (sulfide) groups is 1. The Hall–Kier alpha value is -2.22. The lowest BCUT2D eigenvalue weighted by Crippen LogP contribution is -2.15. The zero-order chi connectivity index (χ0) is 18.2. The maximum atomic E-state index is 12.2. The third-order valence-electron chi connectivity index (χ3n) is 3.08. The second-order valence-corrected chi connectivity index (χ2v) is 6.35. The summed E-state index contributed by atoms with van der Waals surface area (Å²) in [6.45, 7) is 8.78. The lowest BCUT2D eigenvalue weighted by Gasteiger charge is -2.13. The van der Waals surface area contributed by atoms with Gasteiger partial charge in [-0.25, -0.2) is 0 Å². The van der Waals surface area contributed by atoms with Crippen molar-refractivity contribution in [3.63, 3.8) is 0 Å². The van der Waals surface area contributed by atoms with E-state index in [0.717, 1.165) is 0 Å². The van der Waals surface area contributed by atoms with Gasteiger partial charge in [-0.1, -0.05) is 25.6 Å². The number of hydrogen-bond donors (Lipinski definition) is 1. The summed E-state index contributed by atoms with van der Waals surface area (Å²) in [5.41, 5.74) is 0.576. The fourth-order valence-corrected chi connectivity index (χ4v) is 2.54. The Morgan fingerprint density at radius 3 is 2.64 bits per heavy atom. The summed E-state index contributed by atoms with van der Waals surface area (Å²) < 4.78 is 16.5. The molecule has 0 radical (unpaired) electrons. The molecule has 0 aliphatic heterocycles. The van der Waals surface area contributed by atoms with Crippen LogP contribution in [0.3, 0.4) is 0 Å². The summed E-state index contributed by atoms with van der Waals surface area (Å²) in [7, 11) is 0. The number of anilines is 1. The predicted octanol–water partition coefficient (Wildman–Crippen LogP) is 3.72. The van der Waals surface area contributed by atoms with Crippen molar-refractivity contribution in [1.82, 2.24) is 10.2 Å². The summed E-state index contributed by atoms with van der Waals surface area (Å²) in [5.74, 6) is 1.96. The van der Waals surface area contributed by atoms with Crippen molar-refractivity contribution in [2.75, 3.05) is 24.3 Å². The molecule has 1 amide bonds. The zero-order valence-corrected chi connectivity index (χ0v) is 15.7. The highest BCUT2D eigenvalue weighted by atomic mass is 32.2. The second-order valence-electron chi connectivity index (χ2n) is 5.42. The molecule has 0 aliphatic carbocycles. The Morgan fingerprint density at radius 2 is 2.00 bits per heavy atom. The van der Waals surface area contributed by atoms with Crippen LogP contribution < -0.4 is 14.8 Å². The number of carbonyl (C=O) groups excluding carboxylic acids is 1. The first-order chi connectivity index (χ1) is 12.0. The van der Waals surface area contributed by atoms with Gasteiger partial charge in [0.05, 0.1) is 24.7 Å². The van der Waals surface area contributed by atoms with E-state index in [2.05, 4.69) is 15.5 Å². The highest BCUT2D eigenvalue weighted by Gasteiger charge is 2.14. The molecule has 2 rings (SSSR count). The Morgan fingerprint density at radius 1 is 1.24 bits per heavy atom. The van der Waals surface area contributed by atoms with Crippen LogP contribution in [-0.4, -0.2) is 35.1 Å². The highest BCUT2D eigenvalue weighted by molar-refractivity contribution is 7.99. The minimum atomic E-state index is -0.191. The van der Waals surface area contributed by atoms with E-state index in [0.29, 0.717) is 41.5 Å². The molecule has 1 aromatic heterocycles. The van der Waals surface area contributed by atoms with Crippen molar-refractivity contribution in [1.29, 1.82) is 0 Å². The molecule has 0 bridgehead atoms. The van der Waals surface area contributed by atoms with Gasteiger partial charge >= 0.3 is 0 Å². The normalized spacial score (nSPS) is 10.8. The van der Waals surface area contributed by atoms with Crippen molar-refractivity contribution >= 4 is 23.4 Å². The smallest absolute Gasteiger partial charge is 0.277 e. The average molecular weight is 365 g/mol. The van der Waals surface area contributed by atoms with Gasteiger partial charge in [-0.2, -0.15) is 0 Å². The molecule has 25 heavy (non-hydrogen) atoms. The van der Waals surface area contributed by atoms with Gasteiger partial charge in [-0.3, -0.25) is 4.79 Å². The molecule has 0 aliphatic rings. The van der Waals surface area contributed by atoms with Crippen LogP contribution in [0.1, 0.15) is 39.5 Å². The Labute approximate surface area is 151 Å². The number of hydrogen-bond acceptors (Lipinski definition) is 7. The highest BCUT2D eigenvalue weighted by Crippen LogP contribution is 2.30. The van der Waals surface area contributed by atoms with Crippen LogP contribution in [0.5, 0.6) is 11.5 Å². The third-order valence-corrected chi connectivity index (χ3v) is 3.90. The van der Waals surface area contributed by atoms with Crippen molar-refractivity contribution in [3.8, 4) is 11.5 Å². The van der Waals surface area contributed by atoms with Gasteiger partial charge in [-0.15, -0.1) is 10.2 Å². The summed E-state index contributed by atoms with van der Waals surface area (Å²) in [5, 5.41) is 11.1. The largest absolute Gasteiger partial charge is 0.494 e. The molecule has 0 atom stereocenters. The molecule has 136 valence electrons. The van der Waals surface area contributed by atoms with E-state index in [1.807, 2.05) is 33.8 Å². The van der Waals surface area contributed by atoms with Crippen LogP contribution in [-0.2, 0) is 4.79 Å². The molecule has 0 spiro atoms. The molecule has 1 N–H and O–H groups in total. The number of rotatable bonds is 9. The maximum absolute atomic E-state index is 12.2. The van der Waals surface area contributed by atoms with Gasteiger partial charge in [0.1, 0.15) is 11.5 Å². The number of nitrogens with zero attached hydrogens (tertiary/aromatic N) is 2. The van der Waals surface area contributed by atoms with Crippen LogP contribution in [0, 0.1) is 0 Å². The molecule has 2 aromatic rings. The number of carbonyl (C=O) groups is 1. The van der Waals surface area contributed by atoms with E-state index in [1.165, 1.54) is 11.8 Å². The first kappa shape index (κ1) is 19.1. The number of amides is 1. The molecule has 1 aromatic carbocycles. The van der Waals surface area contributed by atoms with Crippen molar-refractivity contribution in [3.05, 3.63) is 24.1 Å². The van der Waals surface area contributed by atoms with Gasteiger partial charge < -0.3 is 19.2 Å². The lowest BCUT2D eigenvalue weighted by atomic mass is 10.2. The molecule has 7 nitrogen and oxygen atoms in total. The van der Waals surface area contributed by atoms with Crippen LogP contribution in [0.2, 0.25) is 0 Å². The van der Waals surface area contributed by atoms with E-state index < -0.39 is 0 Å². The molecule has 8 heteroatoms. The maximum Gasteiger partial charge on any atom is 0.277 e. The Balaban J connectivity index is 1.99. The van der Waals surface area contributed by atoms with Crippen molar-refractivity contribution in [2.24, 2.45) is 0 Å². The third kappa shape index (κ3) is 5.67. The predicted molar refractivity (Wildman–Crippen MR) is 96.5 cm³/mol. The van der Waals surface area contributed by atoms with Gasteiger partial charge in [-0.05, 0) is 26.0 Å². The van der Waals surface area contributed by atoms with Crippen molar-refractivity contribution < 1.29 is 18.7 Å². The fraction of sp³-hybridized carbons (Fsp3) is 0.471. The van der Waals surface area contributed by atoms with E-state index >= 15 is 0 Å². The van der Waals surface area contributed by atoms with E-state index in [-0.39, 0.29) is 17.6 Å². The summed E-state index contributed by atoms with van der Waals surface area (Å²) in [6.07, 6.45) is 0. The van der Waals surface area contributed by atoms with Gasteiger partial charge in [0.25, 0.3) is 5.22 Å². The molecular formula is C17H23N3O4S. The molecule has 0 saturated heterocycles. The molecule has 0 fully saturated rings. The quantitative estimate of drug-likeness (QED) is 0.678. The second kappa shape index (κ2) is 9.31. The Bertz CT molecular complexity index is 703. The van der Waals surface area contributed by atoms with E-state index in [1.54, 1.807) is 12.1 Å². The topological polar surface area (TPSA) is 86.5 Å². The number of aromatic nitrogens is 2. The first-order valence-corrected chi connectivity index (χ1v) is 9.17. The van der Waals surface area contributed by atoms with Crippen molar-refractivity contribution in [2.45, 2.75) is 38.8 Å². The minimum Gasteiger partial charge on any atom is -0.494 e. The Kier molecular flexibility index (Phi) is 7.12. The lowest BCUT2D eigenvalue weighted by molar-refractivity contribution is -0.113. The van der Waals surface area contributed by atoms with E-state index in [4.69, 9.17) is 13.9 Å². The van der Waals surface area contributed by atoms with Gasteiger partial charge in [0, 0.05) is 12.0 Å². The van der Waals surface area contributed by atoms with Crippen LogP contribution in [0.25, 0.3) is 0 Å². The van der Waals surface area contributed by atoms with Crippen LogP contribution in [0.15, 0.2) is 27.8 Å². The average Bonchev–Trinajstić information content (AvgIpc) is 3.05. The molecule has 1 heterocycles. The van der Waals surface area contributed by atoms with E-state index in [9.17, 15) is 4.79 Å². The van der Waals surface area contributed by atoms with Gasteiger partial charge in [0.2, 0.25) is 11.8 Å². The number of benzene rings is 1. The number of nitrogens with one attached hydrogen (secondary N) is 1. The zero-order valence-electron chi connectivity index (χ0n) is 14.9. The standard InChI is InChI=1S/C17H23N3O4S/c1-5-22-12-7-8-14(23-6-2)13(9-12)18-15(21)10-25-17-20-19-16(24-17)11(3)4/h7-9,11H,5-6,10H2,1-4H3,(H,18,21).